The second-order valence-corrected chi connectivity index (χ2v) is 3.25. The molecule has 1 aliphatic heterocycles. The number of alkyl halides is 1. The van der Waals surface area contributed by atoms with E-state index >= 15 is 0 Å². The molecule has 0 amide bonds. The molecule has 1 rings (SSSR count). The van der Waals surface area contributed by atoms with Crippen LogP contribution >= 0.6 is 11.6 Å². The molecule has 0 radical (unpaired) electrons. The van der Waals surface area contributed by atoms with Crippen molar-refractivity contribution in [3.63, 3.8) is 0 Å². The Morgan fingerprint density at radius 1 is 1.73 bits per heavy atom. The summed E-state index contributed by atoms with van der Waals surface area (Å²) in [5.74, 6) is 1.13. The molecule has 0 saturated heterocycles. The van der Waals surface area contributed by atoms with E-state index in [1.807, 2.05) is 4.90 Å². The molecule has 3 heteroatoms. The van der Waals surface area contributed by atoms with Crippen molar-refractivity contribution in [1.82, 2.24) is 4.90 Å². The van der Waals surface area contributed by atoms with Crippen LogP contribution in [-0.4, -0.2) is 23.7 Å². The Morgan fingerprint density at radius 3 is 3.00 bits per heavy atom. The van der Waals surface area contributed by atoms with E-state index in [-0.39, 0.29) is 0 Å². The Kier molecular flexibility index (Phi) is 2.86. The summed E-state index contributed by atoms with van der Waals surface area (Å²) in [7, 11) is 0. The van der Waals surface area contributed by atoms with Crippen molar-refractivity contribution >= 4 is 17.9 Å². The third-order valence-corrected chi connectivity index (χ3v) is 1.70. The maximum atomic E-state index is 5.68. The number of hydrogen-bond donors (Lipinski definition) is 0. The molecule has 0 aromatic heterocycles. The predicted octanol–water partition coefficient (Wildman–Crippen LogP) is 1.94. The van der Waals surface area contributed by atoms with Gasteiger partial charge in [-0.25, -0.2) is 0 Å². The van der Waals surface area contributed by atoms with Crippen molar-refractivity contribution < 1.29 is 0 Å². The van der Waals surface area contributed by atoms with Gasteiger partial charge in [0.2, 0.25) is 11.9 Å². The normalized spacial score (nSPS) is 15.6. The molecule has 0 fully saturated rings. The molecule has 60 valence electrons. The van der Waals surface area contributed by atoms with Crippen LogP contribution in [0.5, 0.6) is 0 Å². The van der Waals surface area contributed by atoms with Gasteiger partial charge in [0.1, 0.15) is 5.88 Å². The minimum absolute atomic E-state index is 0.517. The Labute approximate surface area is 72.6 Å². The van der Waals surface area contributed by atoms with Crippen molar-refractivity contribution in [3.8, 4) is 0 Å². The molecular weight excluding hydrogens is 160 g/mol. The molecule has 1 aliphatic rings. The van der Waals surface area contributed by atoms with Crippen LogP contribution in [0, 0.1) is 5.92 Å². The molecule has 2 nitrogen and oxygen atoms in total. The van der Waals surface area contributed by atoms with Gasteiger partial charge in [-0.15, -0.1) is 11.6 Å². The minimum Gasteiger partial charge on any atom is -0.169 e. The van der Waals surface area contributed by atoms with E-state index in [1.165, 1.54) is 0 Å². The maximum absolute atomic E-state index is 5.68. The van der Waals surface area contributed by atoms with E-state index in [9.17, 15) is 0 Å². The molecule has 0 spiro atoms. The summed E-state index contributed by atoms with van der Waals surface area (Å²) in [5.41, 5.74) is 1.04. The van der Waals surface area contributed by atoms with Gasteiger partial charge >= 0.3 is 0 Å². The molecule has 0 bridgehead atoms. The second-order valence-electron chi connectivity index (χ2n) is 2.99. The highest BCUT2D eigenvalue weighted by Crippen LogP contribution is 2.12. The summed E-state index contributed by atoms with van der Waals surface area (Å²) in [6, 6.07) is 0. The molecule has 0 atom stereocenters. The van der Waals surface area contributed by atoms with Gasteiger partial charge in [-0.1, -0.05) is 13.8 Å². The first kappa shape index (κ1) is 8.51. The van der Waals surface area contributed by atoms with Crippen LogP contribution in [0.25, 0.3) is 0 Å². The van der Waals surface area contributed by atoms with Gasteiger partial charge in [0.15, 0.2) is 0 Å². The summed E-state index contributed by atoms with van der Waals surface area (Å²) in [6.07, 6.45) is 4.63. The highest BCUT2D eigenvalue weighted by molar-refractivity contribution is 6.19. The second kappa shape index (κ2) is 3.70. The van der Waals surface area contributed by atoms with Crippen molar-refractivity contribution in [2.75, 3.05) is 12.4 Å². The summed E-state index contributed by atoms with van der Waals surface area (Å²) < 4.78 is 0. The van der Waals surface area contributed by atoms with Gasteiger partial charge in [0.25, 0.3) is 6.34 Å². The van der Waals surface area contributed by atoms with Crippen LogP contribution in [0.15, 0.2) is 16.9 Å². The molecule has 0 aromatic carbocycles. The van der Waals surface area contributed by atoms with Crippen LogP contribution in [-0.2, 0) is 0 Å². The number of aliphatic imine (C=N–C) groups is 1. The third-order valence-electron chi connectivity index (χ3n) is 1.42. The number of nitrogens with zero attached hydrogens (tertiary/aromatic N) is 2. The number of hydrogen-bond acceptors (Lipinski definition) is 2. The summed E-state index contributed by atoms with van der Waals surface area (Å²) in [4.78, 5) is 5.87. The summed E-state index contributed by atoms with van der Waals surface area (Å²) in [5, 5.41) is 0. The monoisotopic (exact) mass is 171 g/mol. The highest BCUT2D eigenvalue weighted by atomic mass is 35.5. The van der Waals surface area contributed by atoms with Crippen LogP contribution in [0.3, 0.4) is 0 Å². The Morgan fingerprint density at radius 2 is 2.45 bits per heavy atom. The fourth-order valence-electron chi connectivity index (χ4n) is 0.937. The van der Waals surface area contributed by atoms with Gasteiger partial charge in [-0.2, -0.15) is 4.90 Å². The van der Waals surface area contributed by atoms with Gasteiger partial charge in [-0.05, 0) is 10.9 Å². The quantitative estimate of drug-likeness (QED) is 0.468. The fourth-order valence-corrected chi connectivity index (χ4v) is 1.15. The average Bonchev–Trinajstić information content (AvgIpc) is 2.34. The lowest BCUT2D eigenvalue weighted by atomic mass is 10.2. The predicted molar refractivity (Wildman–Crippen MR) is 47.8 cm³/mol. The molecule has 0 unspecified atom stereocenters. The smallest absolute Gasteiger partial charge is 0.169 e. The van der Waals surface area contributed by atoms with Crippen molar-refractivity contribution in [1.29, 1.82) is 0 Å². The SMILES string of the molecule is CC(C)CN1[C+]=NC=C1CCl. The van der Waals surface area contributed by atoms with Crippen molar-refractivity contribution in [3.05, 3.63) is 11.9 Å². The van der Waals surface area contributed by atoms with Crippen molar-refractivity contribution in [2.24, 2.45) is 10.9 Å². The lowest BCUT2D eigenvalue weighted by Crippen LogP contribution is -2.23. The zero-order valence-electron chi connectivity index (χ0n) is 6.84. The maximum Gasteiger partial charge on any atom is 0.255 e. The third kappa shape index (κ3) is 2.18. The highest BCUT2D eigenvalue weighted by Gasteiger charge is 2.22. The van der Waals surface area contributed by atoms with E-state index in [2.05, 4.69) is 25.2 Å². The first-order valence-corrected chi connectivity index (χ1v) is 4.25. The molecule has 1 heterocycles. The molecule has 0 N–H and O–H groups in total. The van der Waals surface area contributed by atoms with E-state index in [4.69, 9.17) is 11.6 Å². The fraction of sp³-hybridized carbons (Fsp3) is 0.625. The van der Waals surface area contributed by atoms with Crippen molar-refractivity contribution in [2.45, 2.75) is 13.8 Å². The lowest BCUT2D eigenvalue weighted by molar-refractivity contribution is 0.448. The van der Waals surface area contributed by atoms with E-state index < -0.39 is 0 Å². The molecule has 0 aliphatic carbocycles. The van der Waals surface area contributed by atoms with Crippen LogP contribution in [0.4, 0.5) is 0 Å². The molecule has 0 saturated carbocycles. The number of halogens is 1. The molecular formula is C8H12ClN2+. The van der Waals surface area contributed by atoms with Crippen LogP contribution < -0.4 is 0 Å². The van der Waals surface area contributed by atoms with Gasteiger partial charge in [0, 0.05) is 0 Å². The minimum atomic E-state index is 0.517. The van der Waals surface area contributed by atoms with E-state index in [1.54, 1.807) is 6.20 Å². The van der Waals surface area contributed by atoms with Gasteiger partial charge in [0.05, 0.1) is 6.54 Å². The van der Waals surface area contributed by atoms with Gasteiger partial charge in [-0.3, -0.25) is 0 Å². The first-order valence-electron chi connectivity index (χ1n) is 3.72. The molecule has 0 aromatic rings. The zero-order valence-corrected chi connectivity index (χ0v) is 7.60. The van der Waals surface area contributed by atoms with Crippen LogP contribution in [0.1, 0.15) is 13.8 Å². The first-order chi connectivity index (χ1) is 5.24. The molecule has 11 heavy (non-hydrogen) atoms. The lowest BCUT2D eigenvalue weighted by Gasteiger charge is -2.09. The number of rotatable bonds is 3. The zero-order chi connectivity index (χ0) is 8.27. The Balaban J connectivity index is 2.46. The number of allylic oxidation sites excluding steroid dienone is 1. The summed E-state index contributed by atoms with van der Waals surface area (Å²) >= 11 is 5.68. The Bertz CT molecular complexity index is 185. The van der Waals surface area contributed by atoms with Gasteiger partial charge < -0.3 is 0 Å². The van der Waals surface area contributed by atoms with Crippen LogP contribution in [0.2, 0.25) is 0 Å². The Hall–Kier alpha value is -0.590. The van der Waals surface area contributed by atoms with E-state index in [0.717, 1.165) is 12.2 Å². The summed E-state index contributed by atoms with van der Waals surface area (Å²) in [6.45, 7) is 5.26. The van der Waals surface area contributed by atoms with E-state index in [0.29, 0.717) is 11.8 Å². The average molecular weight is 172 g/mol. The standard InChI is InChI=1S/C8H12ClN2/c1-7(2)5-11-6-10-4-8(11)3-9/h4,7H,3,5H2,1-2H3/q+1. The topological polar surface area (TPSA) is 15.6 Å². The largest absolute Gasteiger partial charge is 0.255 e.